The van der Waals surface area contributed by atoms with Gasteiger partial charge in [0.25, 0.3) is 0 Å². The Labute approximate surface area is 219 Å². The second kappa shape index (κ2) is 8.09. The van der Waals surface area contributed by atoms with E-state index in [1.54, 1.807) is 5.57 Å². The largest absolute Gasteiger partial charge is 0.461 e. The summed E-state index contributed by atoms with van der Waals surface area (Å²) in [5.41, 5.74) is 7.96. The van der Waals surface area contributed by atoms with E-state index >= 15 is 0 Å². The number of rotatable bonds is 2. The number of primary amides is 1. The summed E-state index contributed by atoms with van der Waals surface area (Å²) < 4.78 is 5.77. The predicted octanol–water partition coefficient (Wildman–Crippen LogP) is 7.06. The van der Waals surface area contributed by atoms with Gasteiger partial charge in [-0.3, -0.25) is 9.59 Å². The summed E-state index contributed by atoms with van der Waals surface area (Å²) in [5, 5.41) is 0. The molecule has 202 valence electrons. The fraction of sp³-hybridized carbons (Fsp3) is 0.875. The number of nitrogens with two attached hydrogens (primary N) is 1. The van der Waals surface area contributed by atoms with E-state index in [1.807, 2.05) is 6.92 Å². The van der Waals surface area contributed by atoms with E-state index in [0.29, 0.717) is 17.3 Å². The fourth-order valence-electron chi connectivity index (χ4n) is 11.2. The molecule has 5 rings (SSSR count). The third-order valence-corrected chi connectivity index (χ3v) is 13.8. The zero-order valence-corrected chi connectivity index (χ0v) is 24.2. The Kier molecular flexibility index (Phi) is 5.91. The minimum absolute atomic E-state index is 0.00465. The van der Waals surface area contributed by atoms with Gasteiger partial charge in [-0.2, -0.15) is 0 Å². The molecule has 0 saturated heterocycles. The lowest BCUT2D eigenvalue weighted by Gasteiger charge is -2.71. The van der Waals surface area contributed by atoms with Crippen LogP contribution in [0, 0.1) is 56.7 Å². The van der Waals surface area contributed by atoms with Crippen molar-refractivity contribution in [3.05, 3.63) is 11.6 Å². The number of hydrogen-bond donors (Lipinski definition) is 1. The van der Waals surface area contributed by atoms with Gasteiger partial charge in [0, 0.05) is 6.92 Å². The highest BCUT2D eigenvalue weighted by Crippen LogP contribution is 2.75. The molecule has 4 saturated carbocycles. The average molecular weight is 498 g/mol. The molecule has 5 aliphatic rings. The standard InChI is InChI=1S/C32H51NO3/c1-19-11-14-28(4)17-18-30(6)22(26(28)20(19)2)9-10-23-29(5)15-13-25(36-21(3)34)32(8,27(33)35)24(29)12-16-31(23,30)7/h9,19-20,23-26H,10-18H2,1-8H3,(H2,33,35)/t19-,20+,23?,24?,25-,26?,28-,29-,30-,31-,32-/m1/s1. The van der Waals surface area contributed by atoms with Crippen LogP contribution < -0.4 is 5.73 Å². The number of carbonyl (C=O) groups is 2. The minimum atomic E-state index is -0.816. The van der Waals surface area contributed by atoms with Crippen LogP contribution in [0.25, 0.3) is 0 Å². The number of esters is 1. The monoisotopic (exact) mass is 497 g/mol. The number of hydrogen-bond acceptors (Lipinski definition) is 3. The molecule has 0 heterocycles. The molecule has 5 aliphatic carbocycles. The lowest BCUT2D eigenvalue weighted by molar-refractivity contribution is -0.214. The highest BCUT2D eigenvalue weighted by molar-refractivity contribution is 5.82. The number of amides is 1. The quantitative estimate of drug-likeness (QED) is 0.328. The van der Waals surface area contributed by atoms with Crippen LogP contribution in [0.5, 0.6) is 0 Å². The third-order valence-electron chi connectivity index (χ3n) is 13.8. The van der Waals surface area contributed by atoms with Crippen LogP contribution in [-0.4, -0.2) is 18.0 Å². The molecular formula is C32H51NO3. The first-order valence-electron chi connectivity index (χ1n) is 14.8. The van der Waals surface area contributed by atoms with Crippen molar-refractivity contribution in [1.29, 1.82) is 0 Å². The minimum Gasteiger partial charge on any atom is -0.461 e. The van der Waals surface area contributed by atoms with Crippen molar-refractivity contribution in [3.63, 3.8) is 0 Å². The van der Waals surface area contributed by atoms with Crippen LogP contribution >= 0.6 is 0 Å². The van der Waals surface area contributed by atoms with Crippen LogP contribution in [0.1, 0.15) is 113 Å². The molecule has 1 amide bonds. The van der Waals surface area contributed by atoms with E-state index in [0.717, 1.165) is 43.9 Å². The van der Waals surface area contributed by atoms with Gasteiger partial charge in [0.2, 0.25) is 5.91 Å². The van der Waals surface area contributed by atoms with E-state index in [9.17, 15) is 9.59 Å². The number of allylic oxidation sites excluding steroid dienone is 2. The highest BCUT2D eigenvalue weighted by Gasteiger charge is 2.70. The van der Waals surface area contributed by atoms with E-state index in [-0.39, 0.29) is 34.0 Å². The molecule has 2 N–H and O–H groups in total. The Morgan fingerprint density at radius 3 is 2.25 bits per heavy atom. The smallest absolute Gasteiger partial charge is 0.302 e. The Hall–Kier alpha value is -1.32. The molecule has 4 heteroatoms. The maximum absolute atomic E-state index is 13.1. The van der Waals surface area contributed by atoms with Crippen LogP contribution in [0.4, 0.5) is 0 Å². The average Bonchev–Trinajstić information content (AvgIpc) is 2.79. The number of ether oxygens (including phenoxy) is 1. The SMILES string of the molecule is CC(=O)O[C@@H]1CC[C@@]2(C)C(CC[C@]3(C)C2CC=C2C4[C@@H](C)[C@H](C)CC[C@]4(C)CC[C@]23C)[C@@]1(C)C(N)=O. The molecule has 0 bridgehead atoms. The van der Waals surface area contributed by atoms with Gasteiger partial charge >= 0.3 is 5.97 Å². The second-order valence-electron chi connectivity index (χ2n) is 15.1. The Bertz CT molecular complexity index is 988. The van der Waals surface area contributed by atoms with Crippen molar-refractivity contribution in [3.8, 4) is 0 Å². The summed E-state index contributed by atoms with van der Waals surface area (Å²) in [4.78, 5) is 25.0. The molecule has 0 spiro atoms. The van der Waals surface area contributed by atoms with Gasteiger partial charge in [-0.15, -0.1) is 0 Å². The zero-order valence-electron chi connectivity index (χ0n) is 24.2. The predicted molar refractivity (Wildman–Crippen MR) is 144 cm³/mol. The molecule has 0 aromatic rings. The molecule has 11 atom stereocenters. The van der Waals surface area contributed by atoms with E-state index in [1.165, 1.54) is 32.6 Å². The molecule has 4 fully saturated rings. The van der Waals surface area contributed by atoms with Gasteiger partial charge in [-0.25, -0.2) is 0 Å². The van der Waals surface area contributed by atoms with Gasteiger partial charge in [-0.05, 0) is 116 Å². The summed E-state index contributed by atoms with van der Waals surface area (Å²) in [5.74, 6) is 2.26. The summed E-state index contributed by atoms with van der Waals surface area (Å²) in [6, 6.07) is 0. The third kappa shape index (κ3) is 3.17. The highest BCUT2D eigenvalue weighted by atomic mass is 16.5. The number of carbonyl (C=O) groups excluding carboxylic acids is 2. The second-order valence-corrected chi connectivity index (χ2v) is 15.1. The van der Waals surface area contributed by atoms with Gasteiger partial charge in [0.1, 0.15) is 6.10 Å². The van der Waals surface area contributed by atoms with E-state index < -0.39 is 11.5 Å². The number of fused-ring (bicyclic) bond motifs is 7. The molecule has 0 aliphatic heterocycles. The topological polar surface area (TPSA) is 69.4 Å². The summed E-state index contributed by atoms with van der Waals surface area (Å²) in [6.45, 7) is 18.7. The fourth-order valence-corrected chi connectivity index (χ4v) is 11.2. The molecule has 0 aromatic carbocycles. The van der Waals surface area contributed by atoms with Crippen molar-refractivity contribution in [2.24, 2.45) is 62.4 Å². The van der Waals surface area contributed by atoms with Crippen LogP contribution in [-0.2, 0) is 14.3 Å². The van der Waals surface area contributed by atoms with E-state index in [4.69, 9.17) is 10.5 Å². The van der Waals surface area contributed by atoms with Crippen molar-refractivity contribution in [2.75, 3.05) is 0 Å². The summed E-state index contributed by atoms with van der Waals surface area (Å²) in [7, 11) is 0. The maximum atomic E-state index is 13.1. The van der Waals surface area contributed by atoms with Gasteiger partial charge < -0.3 is 10.5 Å². The molecule has 4 nitrogen and oxygen atoms in total. The van der Waals surface area contributed by atoms with E-state index in [2.05, 4.69) is 47.6 Å². The zero-order chi connectivity index (χ0) is 26.5. The van der Waals surface area contributed by atoms with Crippen molar-refractivity contribution in [2.45, 2.75) is 119 Å². The van der Waals surface area contributed by atoms with Gasteiger partial charge in [-0.1, -0.05) is 53.2 Å². The molecule has 3 unspecified atom stereocenters. The molecule has 0 radical (unpaired) electrons. The molecular weight excluding hydrogens is 446 g/mol. The molecule has 36 heavy (non-hydrogen) atoms. The lowest BCUT2D eigenvalue weighted by atomic mass is 9.33. The van der Waals surface area contributed by atoms with Crippen molar-refractivity contribution < 1.29 is 14.3 Å². The summed E-state index contributed by atoms with van der Waals surface area (Å²) >= 11 is 0. The van der Waals surface area contributed by atoms with Gasteiger partial charge in [0.15, 0.2) is 0 Å². The Morgan fingerprint density at radius 2 is 1.61 bits per heavy atom. The molecule has 0 aromatic heterocycles. The van der Waals surface area contributed by atoms with Crippen LogP contribution in [0.2, 0.25) is 0 Å². The summed E-state index contributed by atoms with van der Waals surface area (Å²) in [6.07, 6.45) is 12.5. The Morgan fingerprint density at radius 1 is 0.917 bits per heavy atom. The lowest BCUT2D eigenvalue weighted by Crippen LogP contribution is -2.67. The van der Waals surface area contributed by atoms with Crippen LogP contribution in [0.3, 0.4) is 0 Å². The Balaban J connectivity index is 1.57. The van der Waals surface area contributed by atoms with Crippen molar-refractivity contribution >= 4 is 11.9 Å². The van der Waals surface area contributed by atoms with Crippen molar-refractivity contribution in [1.82, 2.24) is 0 Å². The van der Waals surface area contributed by atoms with Gasteiger partial charge in [0.05, 0.1) is 5.41 Å². The first kappa shape index (κ1) is 26.3. The maximum Gasteiger partial charge on any atom is 0.302 e. The first-order chi connectivity index (χ1) is 16.6. The van der Waals surface area contributed by atoms with Crippen LogP contribution in [0.15, 0.2) is 11.6 Å². The normalized spacial score (nSPS) is 54.2. The first-order valence-corrected chi connectivity index (χ1v) is 14.8.